The lowest BCUT2D eigenvalue weighted by atomic mass is 10.1. The van der Waals surface area contributed by atoms with E-state index in [0.717, 1.165) is 12.1 Å². The van der Waals surface area contributed by atoms with Crippen LogP contribution in [-0.2, 0) is 13.5 Å². The molecule has 0 unspecified atom stereocenters. The lowest BCUT2D eigenvalue weighted by Crippen LogP contribution is -2.15. The molecule has 0 radical (unpaired) electrons. The lowest BCUT2D eigenvalue weighted by molar-refractivity contribution is 0.612. The lowest BCUT2D eigenvalue weighted by Gasteiger charge is -2.03. The van der Waals surface area contributed by atoms with Crippen LogP contribution in [-0.4, -0.2) is 9.55 Å². The second-order valence-electron chi connectivity index (χ2n) is 3.24. The van der Waals surface area contributed by atoms with E-state index in [1.54, 1.807) is 17.8 Å². The van der Waals surface area contributed by atoms with E-state index in [-0.39, 0.29) is 5.69 Å². The van der Waals surface area contributed by atoms with Crippen LogP contribution in [0.5, 0.6) is 0 Å². The maximum Gasteiger partial charge on any atom is 0.325 e. The first-order chi connectivity index (χ1) is 5.11. The third kappa shape index (κ3) is 1.73. The Morgan fingerprint density at radius 3 is 2.64 bits per heavy atom. The second-order valence-corrected chi connectivity index (χ2v) is 3.24. The minimum absolute atomic E-state index is 0.0272. The van der Waals surface area contributed by atoms with Gasteiger partial charge in [0.25, 0.3) is 0 Å². The Bertz CT molecular complexity index is 283. The Labute approximate surface area is 66.1 Å². The highest BCUT2D eigenvalue weighted by Gasteiger charge is 2.02. The molecule has 0 spiro atoms. The summed E-state index contributed by atoms with van der Waals surface area (Å²) in [5, 5.41) is 0. The molecule has 1 aromatic rings. The summed E-state index contributed by atoms with van der Waals surface area (Å²) >= 11 is 0. The highest BCUT2D eigenvalue weighted by Crippen LogP contribution is 2.03. The van der Waals surface area contributed by atoms with E-state index in [1.165, 1.54) is 0 Å². The zero-order valence-corrected chi connectivity index (χ0v) is 7.22. The number of H-pyrrole nitrogens is 1. The molecule has 1 heterocycles. The summed E-state index contributed by atoms with van der Waals surface area (Å²) < 4.78 is 1.65. The van der Waals surface area contributed by atoms with Crippen molar-refractivity contribution in [3.05, 3.63) is 22.4 Å². The van der Waals surface area contributed by atoms with Gasteiger partial charge in [0.2, 0.25) is 0 Å². The summed E-state index contributed by atoms with van der Waals surface area (Å²) in [5.74, 6) is 0.594. The van der Waals surface area contributed by atoms with Crippen LogP contribution in [0.1, 0.15) is 19.5 Å². The third-order valence-corrected chi connectivity index (χ3v) is 1.72. The summed E-state index contributed by atoms with van der Waals surface area (Å²) in [6.07, 6.45) is 2.73. The number of nitrogens with one attached hydrogen (secondary N) is 1. The normalized spacial score (nSPS) is 10.9. The SMILES string of the molecule is CC(C)Cc1c[nH]c(=O)n1C. The fourth-order valence-corrected chi connectivity index (χ4v) is 1.08. The van der Waals surface area contributed by atoms with Gasteiger partial charge in [-0.05, 0) is 12.3 Å². The fourth-order valence-electron chi connectivity index (χ4n) is 1.08. The molecule has 0 amide bonds. The topological polar surface area (TPSA) is 37.8 Å². The molecule has 3 nitrogen and oxygen atoms in total. The highest BCUT2D eigenvalue weighted by atomic mass is 16.1. The summed E-state index contributed by atoms with van der Waals surface area (Å²) in [4.78, 5) is 13.6. The van der Waals surface area contributed by atoms with E-state index in [9.17, 15) is 4.79 Å². The predicted octanol–water partition coefficient (Wildman–Crippen LogP) is 0.912. The Morgan fingerprint density at radius 2 is 2.27 bits per heavy atom. The van der Waals surface area contributed by atoms with Crippen molar-refractivity contribution in [2.24, 2.45) is 13.0 Å². The molecule has 0 aliphatic carbocycles. The largest absolute Gasteiger partial charge is 0.325 e. The van der Waals surface area contributed by atoms with Crippen LogP contribution in [0.4, 0.5) is 0 Å². The van der Waals surface area contributed by atoms with Crippen LogP contribution in [0.2, 0.25) is 0 Å². The number of rotatable bonds is 2. The van der Waals surface area contributed by atoms with E-state index in [4.69, 9.17) is 0 Å². The molecule has 0 aliphatic rings. The predicted molar refractivity (Wildman–Crippen MR) is 44.6 cm³/mol. The van der Waals surface area contributed by atoms with Crippen molar-refractivity contribution >= 4 is 0 Å². The van der Waals surface area contributed by atoms with Gasteiger partial charge in [-0.3, -0.25) is 4.57 Å². The number of hydrogen-bond donors (Lipinski definition) is 1. The van der Waals surface area contributed by atoms with Crippen molar-refractivity contribution in [3.8, 4) is 0 Å². The molecule has 1 N–H and O–H groups in total. The highest BCUT2D eigenvalue weighted by molar-refractivity contribution is 4.98. The first kappa shape index (κ1) is 8.11. The van der Waals surface area contributed by atoms with E-state index in [2.05, 4.69) is 18.8 Å². The summed E-state index contributed by atoms with van der Waals surface area (Å²) in [6, 6.07) is 0. The maximum absolute atomic E-state index is 10.9. The average Bonchev–Trinajstić information content (AvgIpc) is 2.18. The molecular formula is C8H14N2O. The molecule has 0 atom stereocenters. The zero-order chi connectivity index (χ0) is 8.43. The van der Waals surface area contributed by atoms with Gasteiger partial charge in [-0.1, -0.05) is 13.8 Å². The van der Waals surface area contributed by atoms with Crippen molar-refractivity contribution in [1.29, 1.82) is 0 Å². The molecule has 1 aromatic heterocycles. The van der Waals surface area contributed by atoms with Gasteiger partial charge < -0.3 is 4.98 Å². The molecule has 0 bridgehead atoms. The summed E-state index contributed by atoms with van der Waals surface area (Å²) in [5.41, 5.74) is 1.05. The van der Waals surface area contributed by atoms with Gasteiger partial charge in [0, 0.05) is 18.9 Å². The van der Waals surface area contributed by atoms with Crippen LogP contribution >= 0.6 is 0 Å². The molecule has 0 fully saturated rings. The minimum atomic E-state index is -0.0272. The number of aromatic amines is 1. The first-order valence-corrected chi connectivity index (χ1v) is 3.84. The Kier molecular flexibility index (Phi) is 2.17. The van der Waals surface area contributed by atoms with Crippen LogP contribution in [0.3, 0.4) is 0 Å². The standard InChI is InChI=1S/C8H14N2O/c1-6(2)4-7-5-9-8(11)10(7)3/h5-6H,4H2,1-3H3,(H,9,11). The second kappa shape index (κ2) is 2.95. The number of aromatic nitrogens is 2. The van der Waals surface area contributed by atoms with Crippen molar-refractivity contribution in [1.82, 2.24) is 9.55 Å². The number of nitrogens with zero attached hydrogens (tertiary/aromatic N) is 1. The van der Waals surface area contributed by atoms with E-state index < -0.39 is 0 Å². The van der Waals surface area contributed by atoms with Gasteiger partial charge in [-0.15, -0.1) is 0 Å². The van der Waals surface area contributed by atoms with Gasteiger partial charge in [0.1, 0.15) is 0 Å². The average molecular weight is 154 g/mol. The van der Waals surface area contributed by atoms with Crippen molar-refractivity contribution in [2.75, 3.05) is 0 Å². The molecule has 11 heavy (non-hydrogen) atoms. The number of imidazole rings is 1. The van der Waals surface area contributed by atoms with Gasteiger partial charge in [0.05, 0.1) is 0 Å². The van der Waals surface area contributed by atoms with Gasteiger partial charge in [-0.2, -0.15) is 0 Å². The summed E-state index contributed by atoms with van der Waals surface area (Å²) in [6.45, 7) is 4.27. The quantitative estimate of drug-likeness (QED) is 0.675. The minimum Gasteiger partial charge on any atom is -0.312 e. The van der Waals surface area contributed by atoms with E-state index in [0.29, 0.717) is 5.92 Å². The van der Waals surface area contributed by atoms with Crippen molar-refractivity contribution in [3.63, 3.8) is 0 Å². The van der Waals surface area contributed by atoms with Gasteiger partial charge in [-0.25, -0.2) is 4.79 Å². The van der Waals surface area contributed by atoms with Crippen molar-refractivity contribution in [2.45, 2.75) is 20.3 Å². The Morgan fingerprint density at radius 1 is 1.64 bits per heavy atom. The third-order valence-electron chi connectivity index (χ3n) is 1.72. The van der Waals surface area contributed by atoms with Gasteiger partial charge in [0.15, 0.2) is 0 Å². The van der Waals surface area contributed by atoms with E-state index in [1.807, 2.05) is 0 Å². The molecule has 62 valence electrons. The van der Waals surface area contributed by atoms with Crippen LogP contribution < -0.4 is 5.69 Å². The molecule has 1 rings (SSSR count). The Hall–Kier alpha value is -0.990. The first-order valence-electron chi connectivity index (χ1n) is 3.84. The number of hydrogen-bond acceptors (Lipinski definition) is 1. The van der Waals surface area contributed by atoms with Crippen LogP contribution in [0.25, 0.3) is 0 Å². The molecule has 3 heteroatoms. The van der Waals surface area contributed by atoms with Crippen molar-refractivity contribution < 1.29 is 0 Å². The molecule has 0 aromatic carbocycles. The van der Waals surface area contributed by atoms with E-state index >= 15 is 0 Å². The summed E-state index contributed by atoms with van der Waals surface area (Å²) in [7, 11) is 1.79. The zero-order valence-electron chi connectivity index (χ0n) is 7.22. The van der Waals surface area contributed by atoms with Crippen LogP contribution in [0, 0.1) is 5.92 Å². The molecule has 0 aliphatic heterocycles. The van der Waals surface area contributed by atoms with Gasteiger partial charge >= 0.3 is 5.69 Å². The smallest absolute Gasteiger partial charge is 0.312 e. The maximum atomic E-state index is 10.9. The van der Waals surface area contributed by atoms with Crippen LogP contribution in [0.15, 0.2) is 11.0 Å². The molecule has 0 saturated carbocycles. The molecular weight excluding hydrogens is 140 g/mol. The molecule has 0 saturated heterocycles. The Balaban J connectivity index is 2.87. The monoisotopic (exact) mass is 154 g/mol. The fraction of sp³-hybridized carbons (Fsp3) is 0.625.